The summed E-state index contributed by atoms with van der Waals surface area (Å²) in [5, 5.41) is 5.21. The Morgan fingerprint density at radius 1 is 1.17 bits per heavy atom. The molecule has 0 bridgehead atoms. The third-order valence-corrected chi connectivity index (χ3v) is 3.80. The van der Waals surface area contributed by atoms with Crippen molar-refractivity contribution in [2.75, 3.05) is 10.6 Å². The van der Waals surface area contributed by atoms with E-state index in [1.807, 2.05) is 0 Å². The van der Waals surface area contributed by atoms with E-state index in [9.17, 15) is 18.0 Å². The first-order chi connectivity index (χ1) is 11.3. The van der Waals surface area contributed by atoms with Crippen LogP contribution in [0.5, 0.6) is 0 Å². The number of rotatable bonds is 4. The number of pyridine rings is 1. The Morgan fingerprint density at radius 2 is 1.92 bits per heavy atom. The number of carbonyl (C=O) groups is 1. The van der Waals surface area contributed by atoms with E-state index in [1.165, 1.54) is 12.3 Å². The SMILES string of the molecule is O=C(Nc1ccc(Cl)c(C(F)(F)F)c1)c1cc(NC2CC2)ccn1. The molecule has 1 fully saturated rings. The molecule has 1 aromatic heterocycles. The highest BCUT2D eigenvalue weighted by Crippen LogP contribution is 2.36. The zero-order valence-electron chi connectivity index (χ0n) is 12.3. The Morgan fingerprint density at radius 3 is 2.58 bits per heavy atom. The molecule has 0 radical (unpaired) electrons. The number of anilines is 2. The van der Waals surface area contributed by atoms with Gasteiger partial charge in [-0.15, -0.1) is 0 Å². The normalized spacial score (nSPS) is 14.3. The molecule has 0 aliphatic heterocycles. The highest BCUT2D eigenvalue weighted by atomic mass is 35.5. The minimum atomic E-state index is -4.59. The second-order valence-corrected chi connectivity index (χ2v) is 5.90. The van der Waals surface area contributed by atoms with Crippen molar-refractivity contribution in [1.29, 1.82) is 0 Å². The highest BCUT2D eigenvalue weighted by molar-refractivity contribution is 6.31. The second-order valence-electron chi connectivity index (χ2n) is 5.49. The molecule has 24 heavy (non-hydrogen) atoms. The number of benzene rings is 1. The summed E-state index contributed by atoms with van der Waals surface area (Å²) in [6.07, 6.45) is -0.962. The molecule has 4 nitrogen and oxygen atoms in total. The van der Waals surface area contributed by atoms with Crippen molar-refractivity contribution in [3.63, 3.8) is 0 Å². The van der Waals surface area contributed by atoms with E-state index < -0.39 is 22.7 Å². The summed E-state index contributed by atoms with van der Waals surface area (Å²) in [7, 11) is 0. The lowest BCUT2D eigenvalue weighted by Crippen LogP contribution is -2.15. The van der Waals surface area contributed by atoms with Gasteiger partial charge in [0.1, 0.15) is 5.69 Å². The predicted octanol–water partition coefficient (Wildman–Crippen LogP) is 4.58. The molecular weight excluding hydrogens is 343 g/mol. The van der Waals surface area contributed by atoms with E-state index in [-0.39, 0.29) is 11.4 Å². The van der Waals surface area contributed by atoms with Crippen molar-refractivity contribution in [3.8, 4) is 0 Å². The number of aromatic nitrogens is 1. The number of alkyl halides is 3. The topological polar surface area (TPSA) is 54.0 Å². The number of hydrogen-bond acceptors (Lipinski definition) is 3. The molecule has 1 aromatic carbocycles. The van der Waals surface area contributed by atoms with Gasteiger partial charge in [0.25, 0.3) is 5.91 Å². The van der Waals surface area contributed by atoms with Crippen LogP contribution in [0.2, 0.25) is 5.02 Å². The number of halogens is 4. The van der Waals surface area contributed by atoms with Crippen molar-refractivity contribution in [2.24, 2.45) is 0 Å². The van der Waals surface area contributed by atoms with Crippen molar-refractivity contribution in [3.05, 3.63) is 52.8 Å². The van der Waals surface area contributed by atoms with E-state index in [1.54, 1.807) is 12.1 Å². The molecule has 1 saturated carbocycles. The Balaban J connectivity index is 1.77. The monoisotopic (exact) mass is 355 g/mol. The van der Waals surface area contributed by atoms with E-state index >= 15 is 0 Å². The van der Waals surface area contributed by atoms with Gasteiger partial charge < -0.3 is 10.6 Å². The largest absolute Gasteiger partial charge is 0.417 e. The van der Waals surface area contributed by atoms with Gasteiger partial charge in [-0.2, -0.15) is 13.2 Å². The lowest BCUT2D eigenvalue weighted by Gasteiger charge is -2.12. The maximum absolute atomic E-state index is 12.9. The van der Waals surface area contributed by atoms with Crippen molar-refractivity contribution < 1.29 is 18.0 Å². The quantitative estimate of drug-likeness (QED) is 0.844. The Labute approximate surface area is 141 Å². The van der Waals surface area contributed by atoms with E-state index in [4.69, 9.17) is 11.6 Å². The van der Waals surface area contributed by atoms with Crippen LogP contribution in [0.1, 0.15) is 28.9 Å². The molecule has 1 aliphatic rings. The zero-order chi connectivity index (χ0) is 17.3. The molecule has 0 spiro atoms. The first-order valence-corrected chi connectivity index (χ1v) is 7.61. The Kier molecular flexibility index (Phi) is 4.36. The maximum atomic E-state index is 12.9. The van der Waals surface area contributed by atoms with Crippen LogP contribution in [0, 0.1) is 0 Å². The zero-order valence-corrected chi connectivity index (χ0v) is 13.1. The molecule has 3 rings (SSSR count). The molecule has 1 heterocycles. The van der Waals surface area contributed by atoms with Crippen LogP contribution < -0.4 is 10.6 Å². The molecule has 2 aromatic rings. The molecule has 2 N–H and O–H groups in total. The molecule has 0 saturated heterocycles. The Hall–Kier alpha value is -2.28. The molecule has 8 heteroatoms. The van der Waals surface area contributed by atoms with Gasteiger partial charge in [0.15, 0.2) is 0 Å². The summed E-state index contributed by atoms with van der Waals surface area (Å²) in [6, 6.07) is 6.91. The molecular formula is C16H13ClF3N3O. The Bertz CT molecular complexity index is 775. The number of nitrogens with zero attached hydrogens (tertiary/aromatic N) is 1. The van der Waals surface area contributed by atoms with Gasteiger partial charge in [-0.3, -0.25) is 9.78 Å². The summed E-state index contributed by atoms with van der Waals surface area (Å²) >= 11 is 5.56. The predicted molar refractivity (Wildman–Crippen MR) is 85.3 cm³/mol. The van der Waals surface area contributed by atoms with Gasteiger partial charge in [0, 0.05) is 23.6 Å². The number of amides is 1. The second kappa shape index (κ2) is 6.32. The van der Waals surface area contributed by atoms with Crippen LogP contribution >= 0.6 is 11.6 Å². The van der Waals surface area contributed by atoms with E-state index in [0.717, 1.165) is 30.7 Å². The molecule has 1 aliphatic carbocycles. The van der Waals surface area contributed by atoms with E-state index in [0.29, 0.717) is 6.04 Å². The van der Waals surface area contributed by atoms with Crippen LogP contribution in [-0.2, 0) is 6.18 Å². The molecule has 126 valence electrons. The lowest BCUT2D eigenvalue weighted by molar-refractivity contribution is -0.137. The summed E-state index contributed by atoms with van der Waals surface area (Å²) in [6.45, 7) is 0. The highest BCUT2D eigenvalue weighted by Gasteiger charge is 2.33. The standard InChI is InChI=1S/C16H13ClF3N3O/c17-13-4-3-10(7-12(13)16(18,19)20)23-15(24)14-8-11(5-6-21-14)22-9-1-2-9/h3-9H,1-2H2,(H,21,22)(H,23,24). The maximum Gasteiger partial charge on any atom is 0.417 e. The number of hydrogen-bond donors (Lipinski definition) is 2. The van der Waals surface area contributed by atoms with Crippen LogP contribution in [0.15, 0.2) is 36.5 Å². The first-order valence-electron chi connectivity index (χ1n) is 7.23. The average Bonchev–Trinajstić information content (AvgIpc) is 3.32. The third-order valence-electron chi connectivity index (χ3n) is 3.47. The summed E-state index contributed by atoms with van der Waals surface area (Å²) in [5.74, 6) is -0.593. The van der Waals surface area contributed by atoms with E-state index in [2.05, 4.69) is 15.6 Å². The number of carbonyl (C=O) groups excluding carboxylic acids is 1. The molecule has 0 atom stereocenters. The van der Waals surface area contributed by atoms with Crippen molar-refractivity contribution in [1.82, 2.24) is 4.98 Å². The minimum absolute atomic E-state index is 0.000852. The van der Waals surface area contributed by atoms with Gasteiger partial charge in [-0.1, -0.05) is 11.6 Å². The van der Waals surface area contributed by atoms with Gasteiger partial charge in [-0.05, 0) is 43.2 Å². The van der Waals surface area contributed by atoms with Gasteiger partial charge >= 0.3 is 6.18 Å². The molecule has 1 amide bonds. The fraction of sp³-hybridized carbons (Fsp3) is 0.250. The first kappa shape index (κ1) is 16.6. The van der Waals surface area contributed by atoms with Gasteiger partial charge in [0.2, 0.25) is 0 Å². The molecule has 0 unspecified atom stereocenters. The summed E-state index contributed by atoms with van der Waals surface area (Å²) < 4.78 is 38.6. The van der Waals surface area contributed by atoms with Crippen LogP contribution in [0.25, 0.3) is 0 Å². The average molecular weight is 356 g/mol. The fourth-order valence-corrected chi connectivity index (χ4v) is 2.35. The minimum Gasteiger partial charge on any atom is -0.382 e. The van der Waals surface area contributed by atoms with Gasteiger partial charge in [-0.25, -0.2) is 0 Å². The van der Waals surface area contributed by atoms with Crippen molar-refractivity contribution in [2.45, 2.75) is 25.1 Å². The third kappa shape index (κ3) is 3.97. The fourth-order valence-electron chi connectivity index (χ4n) is 2.12. The van der Waals surface area contributed by atoms with Crippen molar-refractivity contribution >= 4 is 28.9 Å². The smallest absolute Gasteiger partial charge is 0.382 e. The summed E-state index contributed by atoms with van der Waals surface area (Å²) in [4.78, 5) is 16.1. The summed E-state index contributed by atoms with van der Waals surface area (Å²) in [5.41, 5.74) is -0.132. The van der Waals surface area contributed by atoms with Crippen LogP contribution in [-0.4, -0.2) is 16.9 Å². The van der Waals surface area contributed by atoms with Gasteiger partial charge in [0.05, 0.1) is 10.6 Å². The van der Waals surface area contributed by atoms with Crippen LogP contribution in [0.3, 0.4) is 0 Å². The van der Waals surface area contributed by atoms with Crippen LogP contribution in [0.4, 0.5) is 24.5 Å². The lowest BCUT2D eigenvalue weighted by atomic mass is 10.2. The number of nitrogens with one attached hydrogen (secondary N) is 2.